The van der Waals surface area contributed by atoms with Crippen LogP contribution >= 0.6 is 0 Å². The molecule has 1 aliphatic rings. The number of hydrogen-bond donors (Lipinski definition) is 1. The number of Topliss-reactive ketones (excluding diaryl/α,β-unsaturated/α-hetero) is 1. The normalized spacial score (nSPS) is 17.1. The van der Waals surface area contributed by atoms with Crippen LogP contribution in [-0.2, 0) is 22.4 Å². The summed E-state index contributed by atoms with van der Waals surface area (Å²) < 4.78 is 0. The molecule has 2 aromatic carbocycles. The lowest BCUT2D eigenvalue weighted by molar-refractivity contribution is -0.134. The van der Waals surface area contributed by atoms with Gasteiger partial charge in [-0.05, 0) is 42.5 Å². The molecule has 0 radical (unpaired) electrons. The van der Waals surface area contributed by atoms with Crippen molar-refractivity contribution in [2.24, 2.45) is 5.92 Å². The maximum absolute atomic E-state index is 12.6. The van der Waals surface area contributed by atoms with Gasteiger partial charge in [-0.3, -0.25) is 9.59 Å². The van der Waals surface area contributed by atoms with Gasteiger partial charge < -0.3 is 10.0 Å². The van der Waals surface area contributed by atoms with Gasteiger partial charge in [-0.2, -0.15) is 0 Å². The molecule has 0 spiro atoms. The number of likely N-dealkylation sites (tertiary alicyclic amines) is 1. The van der Waals surface area contributed by atoms with Gasteiger partial charge in [0, 0.05) is 25.4 Å². The SMILES string of the molecule is O=C(CCc1ccccc1)C1CCCN(C(=O)Cc2ccc(O)cc2)C1. The van der Waals surface area contributed by atoms with Gasteiger partial charge in [0.2, 0.25) is 5.91 Å². The van der Waals surface area contributed by atoms with Crippen molar-refractivity contribution in [2.75, 3.05) is 13.1 Å². The van der Waals surface area contributed by atoms with Gasteiger partial charge in [0.25, 0.3) is 0 Å². The molecule has 136 valence electrons. The summed E-state index contributed by atoms with van der Waals surface area (Å²) in [5.74, 6) is 0.465. The molecule has 1 saturated heterocycles. The zero-order valence-corrected chi connectivity index (χ0v) is 14.9. The molecule has 0 aromatic heterocycles. The molecular weight excluding hydrogens is 326 g/mol. The number of aromatic hydroxyl groups is 1. The molecular formula is C22H25NO3. The first-order valence-corrected chi connectivity index (χ1v) is 9.24. The van der Waals surface area contributed by atoms with Crippen LogP contribution in [0.25, 0.3) is 0 Å². The van der Waals surface area contributed by atoms with Crippen LogP contribution in [0.15, 0.2) is 54.6 Å². The van der Waals surface area contributed by atoms with Gasteiger partial charge >= 0.3 is 0 Å². The van der Waals surface area contributed by atoms with Crippen LogP contribution in [0.1, 0.15) is 30.4 Å². The van der Waals surface area contributed by atoms with Gasteiger partial charge in [-0.1, -0.05) is 42.5 Å². The van der Waals surface area contributed by atoms with Gasteiger partial charge in [0.05, 0.1) is 6.42 Å². The van der Waals surface area contributed by atoms with Crippen molar-refractivity contribution < 1.29 is 14.7 Å². The van der Waals surface area contributed by atoms with Crippen molar-refractivity contribution in [3.05, 3.63) is 65.7 Å². The van der Waals surface area contributed by atoms with Crippen molar-refractivity contribution in [3.8, 4) is 5.75 Å². The monoisotopic (exact) mass is 351 g/mol. The molecule has 4 heteroatoms. The summed E-state index contributed by atoms with van der Waals surface area (Å²) in [4.78, 5) is 26.9. The summed E-state index contributed by atoms with van der Waals surface area (Å²) in [6.07, 6.45) is 3.36. The summed E-state index contributed by atoms with van der Waals surface area (Å²) in [7, 11) is 0. The van der Waals surface area contributed by atoms with Crippen LogP contribution in [-0.4, -0.2) is 34.8 Å². The van der Waals surface area contributed by atoms with E-state index in [2.05, 4.69) is 0 Å². The summed E-state index contributed by atoms with van der Waals surface area (Å²) >= 11 is 0. The fourth-order valence-corrected chi connectivity index (χ4v) is 3.48. The van der Waals surface area contributed by atoms with Crippen molar-refractivity contribution in [3.63, 3.8) is 0 Å². The molecule has 1 fully saturated rings. The smallest absolute Gasteiger partial charge is 0.227 e. The Hall–Kier alpha value is -2.62. The van der Waals surface area contributed by atoms with E-state index in [0.717, 1.165) is 31.4 Å². The maximum atomic E-state index is 12.6. The molecule has 2 aromatic rings. The number of rotatable bonds is 6. The molecule has 26 heavy (non-hydrogen) atoms. The maximum Gasteiger partial charge on any atom is 0.227 e. The lowest BCUT2D eigenvalue weighted by atomic mass is 9.90. The topological polar surface area (TPSA) is 57.6 Å². The number of amides is 1. The Labute approximate surface area is 154 Å². The highest BCUT2D eigenvalue weighted by molar-refractivity contribution is 5.83. The zero-order valence-electron chi connectivity index (χ0n) is 14.9. The van der Waals surface area contributed by atoms with Gasteiger partial charge in [-0.25, -0.2) is 0 Å². The molecule has 1 unspecified atom stereocenters. The molecule has 4 nitrogen and oxygen atoms in total. The second-order valence-corrected chi connectivity index (χ2v) is 6.97. The fraction of sp³-hybridized carbons (Fsp3) is 0.364. The highest BCUT2D eigenvalue weighted by atomic mass is 16.3. The Kier molecular flexibility index (Phi) is 6.05. The first-order chi connectivity index (χ1) is 12.6. The van der Waals surface area contributed by atoms with Crippen LogP contribution in [0.4, 0.5) is 0 Å². The molecule has 1 atom stereocenters. The molecule has 3 rings (SSSR count). The van der Waals surface area contributed by atoms with E-state index in [1.165, 1.54) is 5.56 Å². The lowest BCUT2D eigenvalue weighted by Gasteiger charge is -2.32. The minimum absolute atomic E-state index is 0.0452. The van der Waals surface area contributed by atoms with Crippen LogP contribution in [0.3, 0.4) is 0 Å². The highest BCUT2D eigenvalue weighted by Crippen LogP contribution is 2.21. The predicted octanol–water partition coefficient (Wildman–Crippen LogP) is 3.38. The second-order valence-electron chi connectivity index (χ2n) is 6.97. The Bertz CT molecular complexity index is 740. The number of piperidine rings is 1. The number of aryl methyl sites for hydroxylation is 1. The number of nitrogens with zero attached hydrogens (tertiary/aromatic N) is 1. The van der Waals surface area contributed by atoms with Crippen LogP contribution in [0.5, 0.6) is 5.75 Å². The Balaban J connectivity index is 1.52. The van der Waals surface area contributed by atoms with Crippen LogP contribution < -0.4 is 0 Å². The first-order valence-electron chi connectivity index (χ1n) is 9.24. The minimum Gasteiger partial charge on any atom is -0.508 e. The van der Waals surface area contributed by atoms with Crippen LogP contribution in [0.2, 0.25) is 0 Å². The Morgan fingerprint density at radius 3 is 2.46 bits per heavy atom. The third-order valence-corrected chi connectivity index (χ3v) is 5.02. The standard InChI is InChI=1S/C22H25NO3/c24-20-11-8-18(9-12-20)15-22(26)23-14-4-7-19(16-23)21(25)13-10-17-5-2-1-3-6-17/h1-3,5-6,8-9,11-12,19,24H,4,7,10,13-16H2. The summed E-state index contributed by atoms with van der Waals surface area (Å²) in [5.41, 5.74) is 2.06. The van der Waals surface area contributed by atoms with E-state index in [0.29, 0.717) is 19.4 Å². The predicted molar refractivity (Wildman–Crippen MR) is 101 cm³/mol. The molecule has 0 aliphatic carbocycles. The third kappa shape index (κ3) is 4.94. The second kappa shape index (κ2) is 8.65. The number of phenolic OH excluding ortho intramolecular Hbond substituents is 1. The number of ketones is 1. The van der Waals surface area contributed by atoms with Gasteiger partial charge in [-0.15, -0.1) is 0 Å². The summed E-state index contributed by atoms with van der Waals surface area (Å²) in [6, 6.07) is 16.8. The lowest BCUT2D eigenvalue weighted by Crippen LogP contribution is -2.43. The number of phenols is 1. The number of carbonyl (C=O) groups excluding carboxylic acids is 2. The molecule has 0 saturated carbocycles. The molecule has 1 heterocycles. The quantitative estimate of drug-likeness (QED) is 0.868. The van der Waals surface area contributed by atoms with E-state index in [4.69, 9.17) is 0 Å². The van der Waals surface area contributed by atoms with E-state index in [9.17, 15) is 14.7 Å². The van der Waals surface area contributed by atoms with E-state index in [1.54, 1.807) is 24.3 Å². The highest BCUT2D eigenvalue weighted by Gasteiger charge is 2.27. The Morgan fingerprint density at radius 1 is 1.00 bits per heavy atom. The molecule has 1 aliphatic heterocycles. The van der Waals surface area contributed by atoms with Crippen LogP contribution in [0, 0.1) is 5.92 Å². The fourth-order valence-electron chi connectivity index (χ4n) is 3.48. The third-order valence-electron chi connectivity index (χ3n) is 5.02. The van der Waals surface area contributed by atoms with E-state index in [1.807, 2.05) is 35.2 Å². The molecule has 1 amide bonds. The van der Waals surface area contributed by atoms with E-state index < -0.39 is 0 Å². The minimum atomic E-state index is -0.0452. The number of benzene rings is 2. The largest absolute Gasteiger partial charge is 0.508 e. The van der Waals surface area contributed by atoms with E-state index in [-0.39, 0.29) is 23.4 Å². The average molecular weight is 351 g/mol. The van der Waals surface area contributed by atoms with Crippen molar-refractivity contribution in [2.45, 2.75) is 32.1 Å². The van der Waals surface area contributed by atoms with Crippen molar-refractivity contribution in [1.29, 1.82) is 0 Å². The van der Waals surface area contributed by atoms with Gasteiger partial charge in [0.1, 0.15) is 11.5 Å². The molecule has 0 bridgehead atoms. The van der Waals surface area contributed by atoms with Gasteiger partial charge in [0.15, 0.2) is 0 Å². The summed E-state index contributed by atoms with van der Waals surface area (Å²) in [6.45, 7) is 1.25. The zero-order chi connectivity index (χ0) is 18.4. The number of hydrogen-bond acceptors (Lipinski definition) is 3. The Morgan fingerprint density at radius 2 is 1.73 bits per heavy atom. The molecule has 1 N–H and O–H groups in total. The number of carbonyl (C=O) groups is 2. The first kappa shape index (κ1) is 18.2. The average Bonchev–Trinajstić information content (AvgIpc) is 2.69. The summed E-state index contributed by atoms with van der Waals surface area (Å²) in [5, 5.41) is 9.34. The van der Waals surface area contributed by atoms with E-state index >= 15 is 0 Å². The van der Waals surface area contributed by atoms with Crippen molar-refractivity contribution >= 4 is 11.7 Å². The van der Waals surface area contributed by atoms with Crippen molar-refractivity contribution in [1.82, 2.24) is 4.90 Å².